The van der Waals surface area contributed by atoms with Crippen molar-refractivity contribution in [3.63, 3.8) is 0 Å². The van der Waals surface area contributed by atoms with E-state index >= 15 is 0 Å². The van der Waals surface area contributed by atoms with E-state index < -0.39 is 0 Å². The molecule has 0 fully saturated rings. The molecular formula is C10H7Cl2N5O. The zero-order valence-electron chi connectivity index (χ0n) is 8.89. The number of hydrazone groups is 1. The number of benzene rings is 1. The smallest absolute Gasteiger partial charge is 0.271 e. The van der Waals surface area contributed by atoms with E-state index in [0.29, 0.717) is 15.6 Å². The molecule has 0 radical (unpaired) electrons. The highest BCUT2D eigenvalue weighted by Crippen LogP contribution is 2.22. The zero-order valence-corrected chi connectivity index (χ0v) is 10.4. The Kier molecular flexibility index (Phi) is 3.91. The molecule has 0 atom stereocenters. The molecule has 2 N–H and O–H groups in total. The molecule has 1 heterocycles. The Morgan fingerprint density at radius 3 is 2.72 bits per heavy atom. The number of halogens is 2. The third kappa shape index (κ3) is 3.06. The average Bonchev–Trinajstić information content (AvgIpc) is 2.33. The summed E-state index contributed by atoms with van der Waals surface area (Å²) in [5.41, 5.74) is 2.70. The molecule has 0 aliphatic carbocycles. The molecule has 2 rings (SSSR count). The summed E-state index contributed by atoms with van der Waals surface area (Å²) in [6.07, 6.45) is 2.48. The monoisotopic (exact) mass is 283 g/mol. The summed E-state index contributed by atoms with van der Waals surface area (Å²) in [6, 6.07) is 5.12. The number of rotatable bonds is 3. The summed E-state index contributed by atoms with van der Waals surface area (Å²) >= 11 is 11.9. The van der Waals surface area contributed by atoms with Crippen LogP contribution in [0.2, 0.25) is 10.0 Å². The van der Waals surface area contributed by atoms with Gasteiger partial charge in [0, 0.05) is 5.56 Å². The highest BCUT2D eigenvalue weighted by Gasteiger charge is 2.01. The fourth-order valence-electron chi connectivity index (χ4n) is 1.16. The molecular weight excluding hydrogens is 277 g/mol. The molecule has 0 bridgehead atoms. The normalized spacial score (nSPS) is 10.8. The Morgan fingerprint density at radius 1 is 1.33 bits per heavy atom. The molecule has 0 aliphatic heterocycles. The molecule has 0 aliphatic rings. The van der Waals surface area contributed by atoms with Gasteiger partial charge in [-0.1, -0.05) is 29.3 Å². The lowest BCUT2D eigenvalue weighted by atomic mass is 10.2. The van der Waals surface area contributed by atoms with E-state index in [1.165, 1.54) is 6.21 Å². The highest BCUT2D eigenvalue weighted by molar-refractivity contribution is 6.38. The number of nitrogens with one attached hydrogen (secondary N) is 2. The van der Waals surface area contributed by atoms with E-state index in [4.69, 9.17) is 23.2 Å². The van der Waals surface area contributed by atoms with Crippen LogP contribution in [0.5, 0.6) is 0 Å². The second kappa shape index (κ2) is 5.61. The largest absolute Gasteiger partial charge is 0.289 e. The summed E-state index contributed by atoms with van der Waals surface area (Å²) in [6.45, 7) is 0. The minimum atomic E-state index is -0.376. The molecule has 1 aromatic carbocycles. The summed E-state index contributed by atoms with van der Waals surface area (Å²) in [7, 11) is 0. The minimum absolute atomic E-state index is 0.127. The van der Waals surface area contributed by atoms with Gasteiger partial charge in [-0.2, -0.15) is 5.10 Å². The first kappa shape index (κ1) is 12.5. The fourth-order valence-corrected chi connectivity index (χ4v) is 1.65. The van der Waals surface area contributed by atoms with Gasteiger partial charge in [0.15, 0.2) is 0 Å². The van der Waals surface area contributed by atoms with Crippen molar-refractivity contribution in [3.05, 3.63) is 50.4 Å². The maximum Gasteiger partial charge on any atom is 0.271 e. The second-order valence-corrected chi connectivity index (χ2v) is 4.00. The van der Waals surface area contributed by atoms with Crippen LogP contribution in [-0.4, -0.2) is 21.4 Å². The lowest BCUT2D eigenvalue weighted by Gasteiger charge is -2.00. The number of hydrogen-bond donors (Lipinski definition) is 2. The molecule has 6 nitrogen and oxygen atoms in total. The van der Waals surface area contributed by atoms with Gasteiger partial charge in [-0.15, -0.1) is 10.2 Å². The lowest BCUT2D eigenvalue weighted by molar-refractivity contribution is 0.939. The van der Waals surface area contributed by atoms with Gasteiger partial charge in [0.05, 0.1) is 16.3 Å². The van der Waals surface area contributed by atoms with Crippen molar-refractivity contribution in [2.45, 2.75) is 0 Å². The van der Waals surface area contributed by atoms with Crippen LogP contribution in [0.1, 0.15) is 5.56 Å². The van der Waals surface area contributed by atoms with Crippen molar-refractivity contribution in [3.8, 4) is 0 Å². The number of H-pyrrole nitrogens is 1. The lowest BCUT2D eigenvalue weighted by Crippen LogP contribution is -2.10. The third-order valence-corrected chi connectivity index (χ3v) is 2.60. The van der Waals surface area contributed by atoms with Gasteiger partial charge in [0.25, 0.3) is 5.56 Å². The van der Waals surface area contributed by atoms with Crippen molar-refractivity contribution in [2.75, 3.05) is 5.43 Å². The first-order chi connectivity index (χ1) is 8.66. The van der Waals surface area contributed by atoms with Gasteiger partial charge in [0.2, 0.25) is 5.95 Å². The maximum atomic E-state index is 10.9. The number of anilines is 1. The SMILES string of the molecule is O=c1cnnc(N/N=C/c2c(Cl)cccc2Cl)[nH]1. The Hall–Kier alpha value is -1.92. The molecule has 1 aromatic heterocycles. The molecule has 18 heavy (non-hydrogen) atoms. The predicted octanol–water partition coefficient (Wildman–Crippen LogP) is 1.92. The molecule has 0 amide bonds. The van der Waals surface area contributed by atoms with Crippen LogP contribution in [0.25, 0.3) is 0 Å². The number of hydrogen-bond acceptors (Lipinski definition) is 5. The highest BCUT2D eigenvalue weighted by atomic mass is 35.5. The standard InChI is InChI=1S/C10H7Cl2N5O/c11-7-2-1-3-8(12)6(7)4-13-16-10-15-9(18)5-14-17-10/h1-5H,(H2,15,16,17,18)/b13-4+. The molecule has 0 unspecified atom stereocenters. The first-order valence-corrected chi connectivity index (χ1v) is 5.57. The molecule has 92 valence electrons. The van der Waals surface area contributed by atoms with Gasteiger partial charge in [0.1, 0.15) is 6.20 Å². The predicted molar refractivity (Wildman–Crippen MR) is 70.3 cm³/mol. The quantitative estimate of drug-likeness (QED) is 0.666. The van der Waals surface area contributed by atoms with E-state index in [1.54, 1.807) is 18.2 Å². The van der Waals surface area contributed by atoms with Crippen molar-refractivity contribution in [1.82, 2.24) is 15.2 Å². The van der Waals surface area contributed by atoms with E-state index in [2.05, 4.69) is 25.7 Å². The van der Waals surface area contributed by atoms with Gasteiger partial charge in [-0.3, -0.25) is 9.78 Å². The Bertz CT molecular complexity index is 620. The van der Waals surface area contributed by atoms with Crippen molar-refractivity contribution in [2.24, 2.45) is 5.10 Å². The average molecular weight is 284 g/mol. The summed E-state index contributed by atoms with van der Waals surface area (Å²) in [5, 5.41) is 11.9. The van der Waals surface area contributed by atoms with Gasteiger partial charge < -0.3 is 0 Å². The van der Waals surface area contributed by atoms with Crippen LogP contribution in [0, 0.1) is 0 Å². The summed E-state index contributed by atoms with van der Waals surface area (Å²) in [5.74, 6) is 0.127. The Balaban J connectivity index is 2.15. The van der Waals surface area contributed by atoms with Crippen LogP contribution in [0.3, 0.4) is 0 Å². The minimum Gasteiger partial charge on any atom is -0.289 e. The fraction of sp³-hybridized carbons (Fsp3) is 0. The van der Waals surface area contributed by atoms with E-state index in [-0.39, 0.29) is 11.5 Å². The van der Waals surface area contributed by atoms with Crippen LogP contribution >= 0.6 is 23.2 Å². The molecule has 0 spiro atoms. The van der Waals surface area contributed by atoms with Crippen molar-refractivity contribution >= 4 is 35.4 Å². The molecule has 0 saturated carbocycles. The second-order valence-electron chi connectivity index (χ2n) is 3.19. The van der Waals surface area contributed by atoms with Crippen LogP contribution in [0.4, 0.5) is 5.95 Å². The summed E-state index contributed by atoms with van der Waals surface area (Å²) in [4.78, 5) is 13.3. The van der Waals surface area contributed by atoms with Crippen LogP contribution in [0.15, 0.2) is 34.3 Å². The Morgan fingerprint density at radius 2 is 2.06 bits per heavy atom. The number of nitrogens with zero attached hydrogens (tertiary/aromatic N) is 3. The third-order valence-electron chi connectivity index (χ3n) is 1.94. The van der Waals surface area contributed by atoms with E-state index in [1.807, 2.05) is 0 Å². The molecule has 2 aromatic rings. The Labute approximate surface area is 112 Å². The van der Waals surface area contributed by atoms with E-state index in [0.717, 1.165) is 6.20 Å². The van der Waals surface area contributed by atoms with Crippen molar-refractivity contribution in [1.29, 1.82) is 0 Å². The van der Waals surface area contributed by atoms with Crippen LogP contribution in [-0.2, 0) is 0 Å². The van der Waals surface area contributed by atoms with Gasteiger partial charge in [-0.05, 0) is 12.1 Å². The first-order valence-electron chi connectivity index (χ1n) is 4.82. The number of aromatic nitrogens is 3. The van der Waals surface area contributed by atoms with Gasteiger partial charge >= 0.3 is 0 Å². The number of aromatic amines is 1. The van der Waals surface area contributed by atoms with Crippen molar-refractivity contribution < 1.29 is 0 Å². The topological polar surface area (TPSA) is 83.0 Å². The van der Waals surface area contributed by atoms with E-state index in [9.17, 15) is 4.79 Å². The maximum absolute atomic E-state index is 10.9. The molecule has 0 saturated heterocycles. The van der Waals surface area contributed by atoms with Gasteiger partial charge in [-0.25, -0.2) is 5.43 Å². The van der Waals surface area contributed by atoms with Crippen LogP contribution < -0.4 is 11.0 Å². The molecule has 8 heteroatoms. The summed E-state index contributed by atoms with van der Waals surface area (Å²) < 4.78 is 0. The zero-order chi connectivity index (χ0) is 13.0.